The van der Waals surface area contributed by atoms with Gasteiger partial charge in [-0.05, 0) is 55.3 Å². The Labute approximate surface area is 224 Å². The Hall–Kier alpha value is -2.54. The standard InChI is InChI=1S/C27H27BrCl2N2O3/c1-18(2)31-27(34)24(14-19-6-4-3-5-7-19)32(16-20-8-11-22(29)12-9-20)26(33)17-35-25-13-10-21(28)15-23(25)30/h3-13,15,18,24H,14,16-17H2,1-2H3,(H,31,34). The smallest absolute Gasteiger partial charge is 0.261 e. The van der Waals surface area contributed by atoms with Crippen LogP contribution in [0, 0.1) is 0 Å². The normalized spacial score (nSPS) is 11.7. The maximum atomic E-state index is 13.5. The molecule has 0 heterocycles. The Balaban J connectivity index is 1.91. The summed E-state index contributed by atoms with van der Waals surface area (Å²) >= 11 is 15.7. The van der Waals surface area contributed by atoms with Crippen LogP contribution in [0.25, 0.3) is 0 Å². The topological polar surface area (TPSA) is 58.6 Å². The van der Waals surface area contributed by atoms with Crippen LogP contribution >= 0.6 is 39.1 Å². The molecule has 3 rings (SSSR count). The molecular formula is C27H27BrCl2N2O3. The molecule has 8 heteroatoms. The van der Waals surface area contributed by atoms with Gasteiger partial charge in [0.05, 0.1) is 5.02 Å². The molecule has 0 aliphatic carbocycles. The van der Waals surface area contributed by atoms with Gasteiger partial charge < -0.3 is 15.0 Å². The lowest BCUT2D eigenvalue weighted by atomic mass is 10.0. The van der Waals surface area contributed by atoms with Gasteiger partial charge in [0.15, 0.2) is 6.61 Å². The molecule has 0 aliphatic rings. The van der Waals surface area contributed by atoms with Crippen LogP contribution in [0.4, 0.5) is 0 Å². The lowest BCUT2D eigenvalue weighted by molar-refractivity contribution is -0.143. The van der Waals surface area contributed by atoms with Gasteiger partial charge in [0.1, 0.15) is 11.8 Å². The predicted molar refractivity (Wildman–Crippen MR) is 144 cm³/mol. The van der Waals surface area contributed by atoms with Gasteiger partial charge in [0.25, 0.3) is 5.91 Å². The Bertz CT molecular complexity index is 1140. The van der Waals surface area contributed by atoms with Crippen molar-refractivity contribution in [3.8, 4) is 5.75 Å². The molecule has 1 atom stereocenters. The summed E-state index contributed by atoms with van der Waals surface area (Å²) in [5.41, 5.74) is 1.79. The van der Waals surface area contributed by atoms with Crippen molar-refractivity contribution >= 4 is 50.9 Å². The van der Waals surface area contributed by atoms with Crippen molar-refractivity contribution in [3.05, 3.63) is 98.4 Å². The first-order valence-corrected chi connectivity index (χ1v) is 12.7. The van der Waals surface area contributed by atoms with Crippen molar-refractivity contribution in [1.29, 1.82) is 0 Å². The molecule has 0 fully saturated rings. The molecule has 3 aromatic carbocycles. The van der Waals surface area contributed by atoms with Crippen LogP contribution in [0.2, 0.25) is 10.0 Å². The second-order valence-electron chi connectivity index (χ2n) is 8.38. The molecular weight excluding hydrogens is 551 g/mol. The van der Waals surface area contributed by atoms with Gasteiger partial charge in [-0.2, -0.15) is 0 Å². The van der Waals surface area contributed by atoms with Crippen molar-refractivity contribution in [2.75, 3.05) is 6.61 Å². The third-order valence-corrected chi connectivity index (χ3v) is 6.25. The zero-order valence-corrected chi connectivity index (χ0v) is 22.6. The summed E-state index contributed by atoms with van der Waals surface area (Å²) in [5.74, 6) is -0.174. The molecule has 0 bridgehead atoms. The van der Waals surface area contributed by atoms with E-state index in [0.29, 0.717) is 22.2 Å². The number of ether oxygens (including phenoxy) is 1. The fraction of sp³-hybridized carbons (Fsp3) is 0.259. The number of hydrogen-bond acceptors (Lipinski definition) is 3. The van der Waals surface area contributed by atoms with E-state index in [0.717, 1.165) is 15.6 Å². The van der Waals surface area contributed by atoms with Gasteiger partial charge >= 0.3 is 0 Å². The van der Waals surface area contributed by atoms with E-state index >= 15 is 0 Å². The minimum Gasteiger partial charge on any atom is -0.482 e. The van der Waals surface area contributed by atoms with Crippen LogP contribution in [-0.2, 0) is 22.6 Å². The van der Waals surface area contributed by atoms with Crippen molar-refractivity contribution in [3.63, 3.8) is 0 Å². The number of carbonyl (C=O) groups excluding carboxylic acids is 2. The Morgan fingerprint density at radius 2 is 1.66 bits per heavy atom. The highest BCUT2D eigenvalue weighted by Gasteiger charge is 2.31. The first-order valence-electron chi connectivity index (χ1n) is 11.2. The lowest BCUT2D eigenvalue weighted by Gasteiger charge is -2.32. The quantitative estimate of drug-likeness (QED) is 0.308. The van der Waals surface area contributed by atoms with E-state index in [9.17, 15) is 9.59 Å². The Kier molecular flexibility index (Phi) is 10.0. The molecule has 0 saturated heterocycles. The summed E-state index contributed by atoms with van der Waals surface area (Å²) in [5, 5.41) is 3.94. The maximum absolute atomic E-state index is 13.5. The van der Waals surface area contributed by atoms with Crippen LogP contribution < -0.4 is 10.1 Å². The van der Waals surface area contributed by atoms with Gasteiger partial charge in [0, 0.05) is 28.5 Å². The number of halogens is 3. The monoisotopic (exact) mass is 576 g/mol. The highest BCUT2D eigenvalue weighted by atomic mass is 79.9. The van der Waals surface area contributed by atoms with E-state index in [-0.39, 0.29) is 31.0 Å². The van der Waals surface area contributed by atoms with E-state index < -0.39 is 6.04 Å². The molecule has 0 aliphatic heterocycles. The van der Waals surface area contributed by atoms with Gasteiger partial charge in [0.2, 0.25) is 5.91 Å². The molecule has 0 aromatic heterocycles. The van der Waals surface area contributed by atoms with Gasteiger partial charge in [-0.15, -0.1) is 0 Å². The molecule has 3 aromatic rings. The number of amides is 2. The van der Waals surface area contributed by atoms with E-state index in [1.165, 1.54) is 0 Å². The number of carbonyl (C=O) groups is 2. The molecule has 1 N–H and O–H groups in total. The molecule has 0 saturated carbocycles. The number of rotatable bonds is 10. The van der Waals surface area contributed by atoms with E-state index in [1.807, 2.05) is 56.3 Å². The van der Waals surface area contributed by atoms with Crippen LogP contribution in [0.5, 0.6) is 5.75 Å². The van der Waals surface area contributed by atoms with E-state index in [1.54, 1.807) is 35.2 Å². The summed E-state index contributed by atoms with van der Waals surface area (Å²) < 4.78 is 6.56. The maximum Gasteiger partial charge on any atom is 0.261 e. The summed E-state index contributed by atoms with van der Waals surface area (Å²) in [6.45, 7) is 3.73. The van der Waals surface area contributed by atoms with Crippen molar-refractivity contribution < 1.29 is 14.3 Å². The van der Waals surface area contributed by atoms with Crippen molar-refractivity contribution in [2.24, 2.45) is 0 Å². The van der Waals surface area contributed by atoms with Crippen LogP contribution in [0.3, 0.4) is 0 Å². The summed E-state index contributed by atoms with van der Waals surface area (Å²) in [6, 6.07) is 21.2. The van der Waals surface area contributed by atoms with E-state index in [4.69, 9.17) is 27.9 Å². The van der Waals surface area contributed by atoms with Crippen molar-refractivity contribution in [1.82, 2.24) is 10.2 Å². The van der Waals surface area contributed by atoms with Gasteiger partial charge in [-0.3, -0.25) is 9.59 Å². The first-order chi connectivity index (χ1) is 16.7. The minimum absolute atomic E-state index is 0.0777. The number of nitrogens with zero attached hydrogens (tertiary/aromatic N) is 1. The molecule has 0 spiro atoms. The molecule has 1 unspecified atom stereocenters. The number of nitrogens with one attached hydrogen (secondary N) is 1. The Morgan fingerprint density at radius 1 is 0.971 bits per heavy atom. The van der Waals surface area contributed by atoms with Crippen LogP contribution in [0.15, 0.2) is 77.3 Å². The highest BCUT2D eigenvalue weighted by molar-refractivity contribution is 9.10. The first kappa shape index (κ1) is 27.1. The number of benzene rings is 3. The average Bonchev–Trinajstić information content (AvgIpc) is 2.82. The lowest BCUT2D eigenvalue weighted by Crippen LogP contribution is -2.52. The van der Waals surface area contributed by atoms with Crippen LogP contribution in [0.1, 0.15) is 25.0 Å². The molecule has 184 valence electrons. The fourth-order valence-electron chi connectivity index (χ4n) is 3.54. The highest BCUT2D eigenvalue weighted by Crippen LogP contribution is 2.28. The second-order valence-corrected chi connectivity index (χ2v) is 10.1. The second kappa shape index (κ2) is 13.0. The Morgan fingerprint density at radius 3 is 2.29 bits per heavy atom. The summed E-state index contributed by atoms with van der Waals surface area (Å²) in [6.07, 6.45) is 0.359. The van der Waals surface area contributed by atoms with Gasteiger partial charge in [-0.1, -0.05) is 81.6 Å². The predicted octanol–water partition coefficient (Wildman–Crippen LogP) is 6.30. The SMILES string of the molecule is CC(C)NC(=O)C(Cc1ccccc1)N(Cc1ccc(Cl)cc1)C(=O)COc1ccc(Br)cc1Cl. The third kappa shape index (κ3) is 8.27. The van der Waals surface area contributed by atoms with Crippen LogP contribution in [-0.4, -0.2) is 35.4 Å². The summed E-state index contributed by atoms with van der Waals surface area (Å²) in [4.78, 5) is 28.4. The zero-order chi connectivity index (χ0) is 25.4. The molecule has 2 amide bonds. The summed E-state index contributed by atoms with van der Waals surface area (Å²) in [7, 11) is 0. The third-order valence-electron chi connectivity index (χ3n) is 5.21. The van der Waals surface area contributed by atoms with Crippen molar-refractivity contribution in [2.45, 2.75) is 38.9 Å². The van der Waals surface area contributed by atoms with Gasteiger partial charge in [-0.25, -0.2) is 0 Å². The van der Waals surface area contributed by atoms with E-state index in [2.05, 4.69) is 21.2 Å². The molecule has 0 radical (unpaired) electrons. The average molecular weight is 578 g/mol. The zero-order valence-electron chi connectivity index (χ0n) is 19.5. The number of hydrogen-bond donors (Lipinski definition) is 1. The minimum atomic E-state index is -0.744. The largest absolute Gasteiger partial charge is 0.482 e. The molecule has 35 heavy (non-hydrogen) atoms. The molecule has 5 nitrogen and oxygen atoms in total. The fourth-order valence-corrected chi connectivity index (χ4v) is 4.39.